The van der Waals surface area contributed by atoms with E-state index in [2.05, 4.69) is 33.5 Å². The molecule has 1 heterocycles. The number of anilines is 1. The summed E-state index contributed by atoms with van der Waals surface area (Å²) in [6.07, 6.45) is 6.04. The molecule has 1 unspecified atom stereocenters. The van der Waals surface area contributed by atoms with Crippen molar-refractivity contribution in [3.63, 3.8) is 0 Å². The zero-order valence-electron chi connectivity index (χ0n) is 10.0. The molecule has 1 aromatic carbocycles. The lowest BCUT2D eigenvalue weighted by molar-refractivity contribution is -0.120. The Bertz CT molecular complexity index is 548. The number of fused-ring (bicyclic) bond motifs is 1. The van der Waals surface area contributed by atoms with E-state index in [1.165, 1.54) is 11.1 Å². The molecule has 4 nitrogen and oxygen atoms in total. The molecule has 0 bridgehead atoms. The van der Waals surface area contributed by atoms with Crippen molar-refractivity contribution in [3.8, 4) is 0 Å². The van der Waals surface area contributed by atoms with Crippen LogP contribution in [0.25, 0.3) is 0 Å². The predicted octanol–water partition coefficient (Wildman–Crippen LogP) is 2.15. The molecule has 2 aromatic rings. The van der Waals surface area contributed by atoms with Crippen LogP contribution in [0.3, 0.4) is 0 Å². The minimum Gasteiger partial charge on any atom is -0.331 e. The van der Waals surface area contributed by atoms with Crippen LogP contribution in [0.15, 0.2) is 36.7 Å². The zero-order chi connectivity index (χ0) is 12.4. The summed E-state index contributed by atoms with van der Waals surface area (Å²) in [4.78, 5) is 19.0. The van der Waals surface area contributed by atoms with Crippen molar-refractivity contribution in [1.82, 2.24) is 9.97 Å². The molecule has 92 valence electrons. The molecule has 0 radical (unpaired) electrons. The first-order valence-electron chi connectivity index (χ1n) is 6.20. The number of amides is 1. The maximum Gasteiger partial charge on any atom is 0.230 e. The van der Waals surface area contributed by atoms with Crippen molar-refractivity contribution in [2.75, 3.05) is 5.32 Å². The number of benzene rings is 1. The van der Waals surface area contributed by atoms with Gasteiger partial charge in [-0.15, -0.1) is 0 Å². The molecule has 1 amide bonds. The van der Waals surface area contributed by atoms with Crippen molar-refractivity contribution in [2.24, 2.45) is 5.92 Å². The Labute approximate surface area is 105 Å². The third-order valence-electron chi connectivity index (χ3n) is 3.46. The number of imidazole rings is 1. The van der Waals surface area contributed by atoms with E-state index in [0.717, 1.165) is 19.3 Å². The van der Waals surface area contributed by atoms with Gasteiger partial charge in [0.2, 0.25) is 11.9 Å². The second kappa shape index (κ2) is 4.64. The molecule has 4 heteroatoms. The van der Waals surface area contributed by atoms with Crippen LogP contribution in [0.1, 0.15) is 17.5 Å². The Hall–Kier alpha value is -2.10. The molecule has 3 rings (SSSR count). The maximum absolute atomic E-state index is 12.1. The van der Waals surface area contributed by atoms with Gasteiger partial charge in [0.15, 0.2) is 0 Å². The standard InChI is InChI=1S/C14H15N3O/c18-13(17-14-15-7-8-16-14)12-6-5-10-3-1-2-4-11(10)9-12/h1-4,7-8,12H,5-6,9H2,(H2,15,16,17,18). The van der Waals surface area contributed by atoms with Gasteiger partial charge in [0.25, 0.3) is 0 Å². The first kappa shape index (κ1) is 11.0. The molecule has 1 aliphatic carbocycles. The maximum atomic E-state index is 12.1. The Balaban J connectivity index is 1.70. The molecule has 0 fully saturated rings. The highest BCUT2D eigenvalue weighted by Gasteiger charge is 2.24. The van der Waals surface area contributed by atoms with E-state index in [-0.39, 0.29) is 11.8 Å². The van der Waals surface area contributed by atoms with Crippen LogP contribution in [0.4, 0.5) is 5.95 Å². The average Bonchev–Trinajstić information content (AvgIpc) is 2.91. The summed E-state index contributed by atoms with van der Waals surface area (Å²) < 4.78 is 0. The van der Waals surface area contributed by atoms with Crippen LogP contribution in [0.2, 0.25) is 0 Å². The number of hydrogen-bond donors (Lipinski definition) is 2. The fourth-order valence-electron chi connectivity index (χ4n) is 2.47. The van der Waals surface area contributed by atoms with E-state index in [1.807, 2.05) is 6.07 Å². The molecule has 1 aliphatic rings. The largest absolute Gasteiger partial charge is 0.331 e. The highest BCUT2D eigenvalue weighted by atomic mass is 16.2. The molecule has 0 saturated carbocycles. The van der Waals surface area contributed by atoms with E-state index in [1.54, 1.807) is 12.4 Å². The third-order valence-corrected chi connectivity index (χ3v) is 3.46. The lowest BCUT2D eigenvalue weighted by Gasteiger charge is -2.23. The van der Waals surface area contributed by atoms with E-state index >= 15 is 0 Å². The van der Waals surface area contributed by atoms with Crippen molar-refractivity contribution in [2.45, 2.75) is 19.3 Å². The van der Waals surface area contributed by atoms with Gasteiger partial charge in [-0.3, -0.25) is 10.1 Å². The minimum absolute atomic E-state index is 0.0463. The topological polar surface area (TPSA) is 57.8 Å². The number of hydrogen-bond acceptors (Lipinski definition) is 2. The smallest absolute Gasteiger partial charge is 0.230 e. The molecule has 1 atom stereocenters. The number of aryl methyl sites for hydroxylation is 1. The Kier molecular flexibility index (Phi) is 2.84. The molecular weight excluding hydrogens is 226 g/mol. The molecule has 0 saturated heterocycles. The van der Waals surface area contributed by atoms with Crippen molar-refractivity contribution < 1.29 is 4.79 Å². The van der Waals surface area contributed by atoms with Gasteiger partial charge in [0, 0.05) is 18.3 Å². The van der Waals surface area contributed by atoms with Crippen LogP contribution >= 0.6 is 0 Å². The summed E-state index contributed by atoms with van der Waals surface area (Å²) in [5.41, 5.74) is 2.67. The number of nitrogens with zero attached hydrogens (tertiary/aromatic N) is 1. The number of carbonyl (C=O) groups is 1. The number of rotatable bonds is 2. The normalized spacial score (nSPS) is 18.1. The summed E-state index contributed by atoms with van der Waals surface area (Å²) in [7, 11) is 0. The number of carbonyl (C=O) groups excluding carboxylic acids is 1. The number of H-pyrrole nitrogens is 1. The van der Waals surface area contributed by atoms with E-state index < -0.39 is 0 Å². The van der Waals surface area contributed by atoms with Crippen molar-refractivity contribution >= 4 is 11.9 Å². The van der Waals surface area contributed by atoms with Crippen LogP contribution in [0, 0.1) is 5.92 Å². The molecule has 2 N–H and O–H groups in total. The Morgan fingerprint density at radius 3 is 2.94 bits per heavy atom. The number of aromatic nitrogens is 2. The van der Waals surface area contributed by atoms with E-state index in [4.69, 9.17) is 0 Å². The van der Waals surface area contributed by atoms with Crippen molar-refractivity contribution in [1.29, 1.82) is 0 Å². The lowest BCUT2D eigenvalue weighted by atomic mass is 9.83. The summed E-state index contributed by atoms with van der Waals surface area (Å²) in [6, 6.07) is 8.35. The van der Waals surface area contributed by atoms with E-state index in [9.17, 15) is 4.79 Å². The quantitative estimate of drug-likeness (QED) is 0.846. The Morgan fingerprint density at radius 2 is 2.17 bits per heavy atom. The van der Waals surface area contributed by atoms with Gasteiger partial charge in [0.05, 0.1) is 0 Å². The van der Waals surface area contributed by atoms with Gasteiger partial charge in [-0.05, 0) is 30.4 Å². The van der Waals surface area contributed by atoms with Gasteiger partial charge >= 0.3 is 0 Å². The third kappa shape index (κ3) is 2.14. The average molecular weight is 241 g/mol. The molecule has 0 spiro atoms. The summed E-state index contributed by atoms with van der Waals surface area (Å²) in [6.45, 7) is 0. The number of nitrogens with one attached hydrogen (secondary N) is 2. The van der Waals surface area contributed by atoms with Crippen LogP contribution in [-0.4, -0.2) is 15.9 Å². The van der Waals surface area contributed by atoms with Gasteiger partial charge in [-0.1, -0.05) is 24.3 Å². The highest BCUT2D eigenvalue weighted by molar-refractivity contribution is 5.91. The minimum atomic E-state index is 0.0463. The van der Waals surface area contributed by atoms with Crippen LogP contribution in [0.5, 0.6) is 0 Å². The summed E-state index contributed by atoms with van der Waals surface area (Å²) in [5, 5.41) is 2.82. The van der Waals surface area contributed by atoms with Gasteiger partial charge in [0.1, 0.15) is 0 Å². The van der Waals surface area contributed by atoms with E-state index in [0.29, 0.717) is 5.95 Å². The summed E-state index contributed by atoms with van der Waals surface area (Å²) in [5.74, 6) is 0.628. The van der Waals surface area contributed by atoms with Crippen LogP contribution < -0.4 is 5.32 Å². The van der Waals surface area contributed by atoms with Gasteiger partial charge < -0.3 is 4.98 Å². The monoisotopic (exact) mass is 241 g/mol. The second-order valence-electron chi connectivity index (χ2n) is 4.64. The highest BCUT2D eigenvalue weighted by Crippen LogP contribution is 2.25. The number of aromatic amines is 1. The fraction of sp³-hybridized carbons (Fsp3) is 0.286. The predicted molar refractivity (Wildman–Crippen MR) is 69.2 cm³/mol. The second-order valence-corrected chi connectivity index (χ2v) is 4.64. The molecule has 0 aliphatic heterocycles. The zero-order valence-corrected chi connectivity index (χ0v) is 10.0. The van der Waals surface area contributed by atoms with Gasteiger partial charge in [-0.25, -0.2) is 4.98 Å². The van der Waals surface area contributed by atoms with Gasteiger partial charge in [-0.2, -0.15) is 0 Å². The lowest BCUT2D eigenvalue weighted by Crippen LogP contribution is -2.28. The molecular formula is C14H15N3O. The summed E-state index contributed by atoms with van der Waals surface area (Å²) >= 11 is 0. The Morgan fingerprint density at radius 1 is 1.33 bits per heavy atom. The molecule has 1 aromatic heterocycles. The first-order valence-corrected chi connectivity index (χ1v) is 6.20. The SMILES string of the molecule is O=C(Nc1ncc[nH]1)C1CCc2ccccc2C1. The first-order chi connectivity index (χ1) is 8.83. The van der Waals surface area contributed by atoms with Crippen LogP contribution in [-0.2, 0) is 17.6 Å². The fourth-order valence-corrected chi connectivity index (χ4v) is 2.47. The molecule has 18 heavy (non-hydrogen) atoms. The van der Waals surface area contributed by atoms with Crippen molar-refractivity contribution in [3.05, 3.63) is 47.8 Å².